The molecule has 1 aromatic rings. The molecule has 6 nitrogen and oxygen atoms in total. The van der Waals surface area contributed by atoms with Crippen molar-refractivity contribution < 1.29 is 23.9 Å². The summed E-state index contributed by atoms with van der Waals surface area (Å²) in [4.78, 5) is 38.4. The minimum absolute atomic E-state index is 0.0884. The third-order valence-corrected chi connectivity index (χ3v) is 4.06. The quantitative estimate of drug-likeness (QED) is 0.414. The fourth-order valence-electron chi connectivity index (χ4n) is 1.73. The summed E-state index contributed by atoms with van der Waals surface area (Å²) in [5, 5.41) is 2.18. The van der Waals surface area contributed by atoms with Crippen LogP contribution in [0.2, 0.25) is 0 Å². The molecule has 1 heterocycles. The van der Waals surface area contributed by atoms with Gasteiger partial charge in [0, 0.05) is 25.3 Å². The van der Waals surface area contributed by atoms with Crippen LogP contribution in [0.4, 0.5) is 0 Å². The summed E-state index contributed by atoms with van der Waals surface area (Å²) in [6, 6.07) is 0. The van der Waals surface area contributed by atoms with E-state index in [0.29, 0.717) is 10.7 Å². The predicted octanol–water partition coefficient (Wildman–Crippen LogP) is 2.14. The lowest BCUT2D eigenvalue weighted by molar-refractivity contribution is -0.144. The first-order valence-corrected chi connectivity index (χ1v) is 7.54. The summed E-state index contributed by atoms with van der Waals surface area (Å²) >= 11 is 1.26. The molecule has 0 spiro atoms. The van der Waals surface area contributed by atoms with Gasteiger partial charge in [-0.3, -0.25) is 14.4 Å². The number of esters is 1. The maximum absolute atomic E-state index is 11.9. The molecule has 0 saturated carbocycles. The number of Topliss-reactive ketones (excluding diaryl/α,β-unsaturated/α-hetero) is 2. The molecular weight excluding hydrogens is 306 g/mol. The monoisotopic (exact) mass is 325 g/mol. The predicted molar refractivity (Wildman–Crippen MR) is 82.8 cm³/mol. The SMILES string of the molecule is COC(=O)CC(=O)[C@H](C)[C@H](/C=C/c1csc(C(C)=O)n1)OC. The molecule has 0 aromatic carbocycles. The topological polar surface area (TPSA) is 82.6 Å². The molecule has 22 heavy (non-hydrogen) atoms. The number of hydrogen-bond acceptors (Lipinski definition) is 7. The van der Waals surface area contributed by atoms with Crippen LogP contribution in [0, 0.1) is 5.92 Å². The molecule has 0 aliphatic heterocycles. The van der Waals surface area contributed by atoms with Gasteiger partial charge in [0.2, 0.25) is 0 Å². The number of carbonyl (C=O) groups excluding carboxylic acids is 3. The Kier molecular flexibility index (Phi) is 7.07. The Balaban J connectivity index is 2.73. The second-order valence-electron chi connectivity index (χ2n) is 4.70. The van der Waals surface area contributed by atoms with Gasteiger partial charge >= 0.3 is 5.97 Å². The summed E-state index contributed by atoms with van der Waals surface area (Å²) in [6.07, 6.45) is 2.62. The van der Waals surface area contributed by atoms with Crippen molar-refractivity contribution in [1.29, 1.82) is 0 Å². The highest BCUT2D eigenvalue weighted by Gasteiger charge is 2.24. The van der Waals surface area contributed by atoms with E-state index in [1.165, 1.54) is 32.5 Å². The Hall–Kier alpha value is -1.86. The first-order valence-electron chi connectivity index (χ1n) is 6.66. The molecule has 120 valence electrons. The van der Waals surface area contributed by atoms with Gasteiger partial charge in [-0.1, -0.05) is 13.0 Å². The zero-order valence-electron chi connectivity index (χ0n) is 13.0. The number of ether oxygens (including phenoxy) is 2. The number of methoxy groups -OCH3 is 2. The highest BCUT2D eigenvalue weighted by molar-refractivity contribution is 7.11. The van der Waals surface area contributed by atoms with Crippen molar-refractivity contribution in [3.05, 3.63) is 22.2 Å². The first-order chi connectivity index (χ1) is 10.4. The van der Waals surface area contributed by atoms with Crippen molar-refractivity contribution in [3.63, 3.8) is 0 Å². The van der Waals surface area contributed by atoms with Gasteiger partial charge in [0.15, 0.2) is 10.8 Å². The molecule has 0 unspecified atom stereocenters. The van der Waals surface area contributed by atoms with Crippen molar-refractivity contribution in [2.24, 2.45) is 5.92 Å². The van der Waals surface area contributed by atoms with Crippen molar-refractivity contribution in [2.75, 3.05) is 14.2 Å². The Labute approximate surface area is 133 Å². The summed E-state index contributed by atoms with van der Waals surface area (Å²) in [7, 11) is 2.72. The fourth-order valence-corrected chi connectivity index (χ4v) is 2.41. The molecule has 1 aromatic heterocycles. The maximum atomic E-state index is 11.9. The number of hydrogen-bond donors (Lipinski definition) is 0. The third kappa shape index (κ3) is 5.16. The fraction of sp³-hybridized carbons (Fsp3) is 0.467. The van der Waals surface area contributed by atoms with Crippen LogP contribution in [0.15, 0.2) is 11.5 Å². The van der Waals surface area contributed by atoms with Gasteiger partial charge in [-0.15, -0.1) is 11.3 Å². The van der Waals surface area contributed by atoms with E-state index in [9.17, 15) is 14.4 Å². The van der Waals surface area contributed by atoms with Crippen LogP contribution < -0.4 is 0 Å². The van der Waals surface area contributed by atoms with Gasteiger partial charge in [-0.2, -0.15) is 0 Å². The summed E-state index contributed by atoms with van der Waals surface area (Å²) < 4.78 is 9.75. The Bertz CT molecular complexity index is 578. The molecule has 0 N–H and O–H groups in total. The second kappa shape index (κ2) is 8.55. The van der Waals surface area contributed by atoms with Gasteiger partial charge in [0.1, 0.15) is 12.2 Å². The average molecular weight is 325 g/mol. The highest BCUT2D eigenvalue weighted by atomic mass is 32.1. The summed E-state index contributed by atoms with van der Waals surface area (Å²) in [5.74, 6) is -1.41. The smallest absolute Gasteiger partial charge is 0.313 e. The van der Waals surface area contributed by atoms with E-state index in [1.807, 2.05) is 0 Å². The maximum Gasteiger partial charge on any atom is 0.313 e. The van der Waals surface area contributed by atoms with Crippen LogP contribution in [-0.4, -0.2) is 42.8 Å². The number of thiazole rings is 1. The first kappa shape index (κ1) is 18.2. The number of rotatable bonds is 8. The average Bonchev–Trinajstić information content (AvgIpc) is 2.96. The van der Waals surface area contributed by atoms with Gasteiger partial charge in [-0.25, -0.2) is 4.98 Å². The zero-order chi connectivity index (χ0) is 16.7. The molecule has 1 rings (SSSR count). The van der Waals surface area contributed by atoms with Crippen LogP contribution in [0.5, 0.6) is 0 Å². The van der Waals surface area contributed by atoms with E-state index in [1.54, 1.807) is 24.5 Å². The largest absolute Gasteiger partial charge is 0.469 e. The lowest BCUT2D eigenvalue weighted by Crippen LogP contribution is -2.27. The molecule has 0 aliphatic rings. The Morgan fingerprint density at radius 1 is 1.36 bits per heavy atom. The number of nitrogens with zero attached hydrogens (tertiary/aromatic N) is 1. The molecule has 0 amide bonds. The molecule has 0 saturated heterocycles. The van der Waals surface area contributed by atoms with Gasteiger partial charge in [0.25, 0.3) is 0 Å². The van der Waals surface area contributed by atoms with Crippen LogP contribution in [-0.2, 0) is 19.1 Å². The van der Waals surface area contributed by atoms with E-state index in [4.69, 9.17) is 4.74 Å². The van der Waals surface area contributed by atoms with Crippen molar-refractivity contribution in [1.82, 2.24) is 4.98 Å². The Morgan fingerprint density at radius 2 is 2.05 bits per heavy atom. The number of aromatic nitrogens is 1. The minimum Gasteiger partial charge on any atom is -0.469 e. The molecule has 0 aliphatic carbocycles. The molecule has 0 bridgehead atoms. The van der Waals surface area contributed by atoms with Gasteiger partial charge < -0.3 is 9.47 Å². The van der Waals surface area contributed by atoms with Gasteiger partial charge in [-0.05, 0) is 6.08 Å². The number of ketones is 2. The van der Waals surface area contributed by atoms with E-state index >= 15 is 0 Å². The minimum atomic E-state index is -0.568. The second-order valence-corrected chi connectivity index (χ2v) is 5.56. The summed E-state index contributed by atoms with van der Waals surface area (Å²) in [6.45, 7) is 3.14. The molecule has 7 heteroatoms. The van der Waals surface area contributed by atoms with E-state index in [2.05, 4.69) is 9.72 Å². The van der Waals surface area contributed by atoms with E-state index < -0.39 is 18.0 Å². The van der Waals surface area contributed by atoms with Crippen LogP contribution in [0.3, 0.4) is 0 Å². The van der Waals surface area contributed by atoms with Crippen molar-refractivity contribution >= 4 is 34.9 Å². The number of carbonyl (C=O) groups is 3. The van der Waals surface area contributed by atoms with Crippen LogP contribution >= 0.6 is 11.3 Å². The highest BCUT2D eigenvalue weighted by Crippen LogP contribution is 2.16. The Morgan fingerprint density at radius 3 is 2.55 bits per heavy atom. The van der Waals surface area contributed by atoms with Gasteiger partial charge in [0.05, 0.1) is 18.9 Å². The standard InChI is InChI=1S/C15H19NO5S/c1-9(12(18)7-14(19)21-4)13(20-3)6-5-11-8-22-15(16-11)10(2)17/h5-6,8-9,13H,7H2,1-4H3/b6-5+/t9-,13-/m0/s1. The lowest BCUT2D eigenvalue weighted by Gasteiger charge is -2.17. The molecule has 0 radical (unpaired) electrons. The third-order valence-electron chi connectivity index (χ3n) is 3.10. The zero-order valence-corrected chi connectivity index (χ0v) is 13.8. The lowest BCUT2D eigenvalue weighted by atomic mass is 9.96. The van der Waals surface area contributed by atoms with Crippen LogP contribution in [0.25, 0.3) is 6.08 Å². The molecule has 0 fully saturated rings. The van der Waals surface area contributed by atoms with E-state index in [0.717, 1.165) is 0 Å². The van der Waals surface area contributed by atoms with Crippen LogP contribution in [0.1, 0.15) is 35.8 Å². The normalized spacial score (nSPS) is 13.8. The van der Waals surface area contributed by atoms with Crippen molar-refractivity contribution in [2.45, 2.75) is 26.4 Å². The summed E-state index contributed by atoms with van der Waals surface area (Å²) in [5.41, 5.74) is 0.630. The molecule has 2 atom stereocenters. The van der Waals surface area contributed by atoms with E-state index in [-0.39, 0.29) is 18.0 Å². The molecular formula is C15H19NO5S. The van der Waals surface area contributed by atoms with Crippen molar-refractivity contribution in [3.8, 4) is 0 Å².